The number of rotatable bonds is 6. The Balaban J connectivity index is 0.00000294. The smallest absolute Gasteiger partial charge is 0.744 e. The number of imide groups is 2. The fourth-order valence-corrected chi connectivity index (χ4v) is 10.5. The van der Waals surface area contributed by atoms with Gasteiger partial charge in [-0.05, 0) is 83.9 Å². The van der Waals surface area contributed by atoms with Crippen molar-refractivity contribution in [1.29, 1.82) is 0 Å². The topological polar surface area (TPSA) is 298 Å². The van der Waals surface area contributed by atoms with E-state index in [-0.39, 0.29) is 201 Å². The van der Waals surface area contributed by atoms with Gasteiger partial charge in [0.15, 0.2) is 23.3 Å². The van der Waals surface area contributed by atoms with E-state index in [9.17, 15) is 45.1 Å². The van der Waals surface area contributed by atoms with E-state index in [0.29, 0.717) is 38.8 Å². The molecule has 350 valence electrons. The van der Waals surface area contributed by atoms with Crippen LogP contribution < -0.4 is 103 Å². The number of aromatic amines is 2. The first-order valence-corrected chi connectivity index (χ1v) is 24.6. The molecule has 13 rings (SSSR count). The number of aromatic nitrogens is 8. The van der Waals surface area contributed by atoms with Crippen LogP contribution in [0.25, 0.3) is 90.4 Å². The van der Waals surface area contributed by atoms with Gasteiger partial charge in [0, 0.05) is 44.2 Å². The van der Waals surface area contributed by atoms with Crippen molar-refractivity contribution in [2.75, 3.05) is 0 Å². The van der Waals surface area contributed by atoms with Crippen LogP contribution in [0.2, 0.25) is 0 Å². The number of carbonyl (C=O) groups is 4. The van der Waals surface area contributed by atoms with Gasteiger partial charge in [-0.2, -0.15) is 0 Å². The SMILES string of the molecule is O=C1c2ccccc2C(=O)N1Cc1ccc2c(c1)-c1nc-2nc2[nH]c(nc3nc([nH]c4nc(n1)-c1ccc(CN5C(=O)c6ccccc6C5=O)cc1-4)-c1cc(S(=O)(=O)[O-])ccc1-3)c1cc(S(=O)(=O)[O-])ccc21.[K+].[K+]. The Morgan fingerprint density at radius 2 is 0.784 bits per heavy atom. The van der Waals surface area contributed by atoms with Crippen LogP contribution in [-0.2, 0) is 33.3 Å². The van der Waals surface area contributed by atoms with Gasteiger partial charge in [0.2, 0.25) is 0 Å². The second kappa shape index (κ2) is 18.4. The zero-order valence-electron chi connectivity index (χ0n) is 38.4. The molecule has 2 aromatic heterocycles. The van der Waals surface area contributed by atoms with Gasteiger partial charge in [-0.1, -0.05) is 48.5 Å². The average Bonchev–Trinajstić information content (AvgIpc) is 4.18. The van der Waals surface area contributed by atoms with Gasteiger partial charge < -0.3 is 19.1 Å². The number of nitrogens with one attached hydrogen (secondary N) is 2. The fourth-order valence-electron chi connectivity index (χ4n) is 9.48. The number of hydrogen-bond acceptors (Lipinski definition) is 16. The zero-order chi connectivity index (χ0) is 49.5. The van der Waals surface area contributed by atoms with Crippen LogP contribution in [0, 0.1) is 0 Å². The molecule has 8 aromatic rings. The first-order chi connectivity index (χ1) is 34.6. The Morgan fingerprint density at radius 3 is 1.30 bits per heavy atom. The first-order valence-electron chi connectivity index (χ1n) is 21.7. The second-order valence-corrected chi connectivity index (χ2v) is 19.9. The van der Waals surface area contributed by atoms with Gasteiger partial charge >= 0.3 is 103 Å². The molecule has 5 aliphatic heterocycles. The molecule has 0 radical (unpaired) electrons. The van der Waals surface area contributed by atoms with Gasteiger partial charge in [0.05, 0.1) is 45.1 Å². The summed E-state index contributed by atoms with van der Waals surface area (Å²) in [6.45, 7) is -0.225. The minimum absolute atomic E-state index is 0. The summed E-state index contributed by atoms with van der Waals surface area (Å²) in [5.41, 5.74) is 4.43. The van der Waals surface area contributed by atoms with E-state index in [0.717, 1.165) is 34.1 Å². The summed E-state index contributed by atoms with van der Waals surface area (Å²) < 4.78 is 74.2. The van der Waals surface area contributed by atoms with Crippen molar-refractivity contribution >= 4 is 65.9 Å². The standard InChI is InChI=1S/C50H28N10O10S2.2K/c61-47-31-5-1-2-6-32(31)48(62)59(47)21-23-9-13-27-35(17-23)43-52-39(27)51-41-29-15-11-25(71(65,66)67)19-37(29)45(55-41)56-42-30-16-12-26(72(68,69)70)20-38(30)46(57-42)58-44-36-18-24(10-14-28(36)40(53-43)54-44)22-60-49(63)33-7-3-4-8-34(33)50(60)64;;/h1-20H,21-22H2,(H,65,66,67)(H,68,69,70)(H2,51,52,53,54,55,56,57,58);;/q;2*+1/p-2. The van der Waals surface area contributed by atoms with E-state index >= 15 is 0 Å². The molecule has 8 bridgehead atoms. The van der Waals surface area contributed by atoms with Gasteiger partial charge in [-0.25, -0.2) is 46.7 Å². The third kappa shape index (κ3) is 8.25. The molecule has 0 atom stereocenters. The van der Waals surface area contributed by atoms with Crippen molar-refractivity contribution in [2.45, 2.75) is 22.9 Å². The molecular weight excluding hydrogens is 1040 g/mol. The summed E-state index contributed by atoms with van der Waals surface area (Å²) in [4.78, 5) is 90.5. The van der Waals surface area contributed by atoms with E-state index in [1.165, 1.54) is 12.1 Å². The van der Waals surface area contributed by atoms with Crippen molar-refractivity contribution in [3.8, 4) is 68.3 Å². The van der Waals surface area contributed by atoms with Crippen LogP contribution in [0.1, 0.15) is 52.6 Å². The maximum atomic E-state index is 13.5. The molecule has 0 saturated heterocycles. The van der Waals surface area contributed by atoms with E-state index in [4.69, 9.17) is 29.9 Å². The predicted molar refractivity (Wildman–Crippen MR) is 252 cm³/mol. The quantitative estimate of drug-likeness (QED) is 0.128. The molecule has 74 heavy (non-hydrogen) atoms. The third-order valence-corrected chi connectivity index (χ3v) is 14.6. The number of carbonyl (C=O) groups excluding carboxylic acids is 4. The summed E-state index contributed by atoms with van der Waals surface area (Å²) in [5.74, 6) is -1.44. The van der Waals surface area contributed by atoms with E-state index in [1.54, 1.807) is 84.9 Å². The van der Waals surface area contributed by atoms with Crippen molar-refractivity contribution < 1.29 is 148 Å². The predicted octanol–water partition coefficient (Wildman–Crippen LogP) is 0.181. The first kappa shape index (κ1) is 50.2. The van der Waals surface area contributed by atoms with Crippen LogP contribution in [0.5, 0.6) is 0 Å². The minimum atomic E-state index is -5.00. The van der Waals surface area contributed by atoms with Gasteiger partial charge in [0.1, 0.15) is 43.2 Å². The number of nitrogens with zero attached hydrogens (tertiary/aromatic N) is 8. The summed E-state index contributed by atoms with van der Waals surface area (Å²) >= 11 is 0. The molecule has 4 amide bonds. The Labute approximate surface area is 502 Å². The molecule has 0 saturated carbocycles. The maximum Gasteiger partial charge on any atom is 1.00 e. The molecule has 7 heterocycles. The molecule has 20 nitrogen and oxygen atoms in total. The Kier molecular flexibility index (Phi) is 12.5. The molecular formula is C50H26K2N10O10S2. The number of hydrogen-bond donors (Lipinski definition) is 2. The molecule has 24 heteroatoms. The number of H-pyrrole nitrogens is 2. The Hall–Kier alpha value is -5.95. The number of fused-ring (bicyclic) bond motifs is 22. The summed E-state index contributed by atoms with van der Waals surface area (Å²) in [5, 5.41) is 0.461. The van der Waals surface area contributed by atoms with E-state index in [1.807, 2.05) is 0 Å². The minimum Gasteiger partial charge on any atom is -0.744 e. The van der Waals surface area contributed by atoms with Gasteiger partial charge in [-0.15, -0.1) is 0 Å². The second-order valence-electron chi connectivity index (χ2n) is 17.2. The maximum absolute atomic E-state index is 13.5. The normalized spacial score (nSPS) is 13.7. The Bertz CT molecular complexity index is 4300. The zero-order valence-corrected chi connectivity index (χ0v) is 46.3. The largest absolute Gasteiger partial charge is 1.00 e. The van der Waals surface area contributed by atoms with Crippen LogP contribution in [0.15, 0.2) is 131 Å². The molecule has 6 aromatic carbocycles. The van der Waals surface area contributed by atoms with E-state index in [2.05, 4.69) is 9.97 Å². The Morgan fingerprint density at radius 1 is 0.392 bits per heavy atom. The van der Waals surface area contributed by atoms with Crippen LogP contribution in [0.4, 0.5) is 0 Å². The number of benzene rings is 6. The van der Waals surface area contributed by atoms with Gasteiger partial charge in [-0.3, -0.25) is 29.0 Å². The monoisotopic (exact) mass is 1070 g/mol. The van der Waals surface area contributed by atoms with Crippen molar-refractivity contribution in [3.63, 3.8) is 0 Å². The van der Waals surface area contributed by atoms with Crippen molar-refractivity contribution in [2.24, 2.45) is 0 Å². The van der Waals surface area contributed by atoms with Gasteiger partial charge in [0.25, 0.3) is 23.6 Å². The van der Waals surface area contributed by atoms with E-state index < -0.39 is 53.7 Å². The van der Waals surface area contributed by atoms with Crippen molar-refractivity contribution in [1.82, 2.24) is 49.7 Å². The average molecular weight is 1070 g/mol. The molecule has 5 aliphatic rings. The van der Waals surface area contributed by atoms with Crippen LogP contribution >= 0.6 is 0 Å². The molecule has 0 fully saturated rings. The molecule has 0 spiro atoms. The molecule has 0 unspecified atom stereocenters. The molecule has 0 aliphatic carbocycles. The third-order valence-electron chi connectivity index (χ3n) is 12.9. The van der Waals surface area contributed by atoms with Crippen LogP contribution in [-0.4, -0.2) is 99.2 Å². The summed E-state index contributed by atoms with van der Waals surface area (Å²) in [7, 11) is -9.97. The van der Waals surface area contributed by atoms with Crippen LogP contribution in [0.3, 0.4) is 0 Å². The summed E-state index contributed by atoms with van der Waals surface area (Å²) in [6, 6.07) is 30.5. The fraction of sp³-hybridized carbons (Fsp3) is 0.0400. The molecule has 2 N–H and O–H groups in total. The number of amides is 4. The van der Waals surface area contributed by atoms with Crippen molar-refractivity contribution in [3.05, 3.63) is 155 Å². The summed E-state index contributed by atoms with van der Waals surface area (Å²) in [6.07, 6.45) is 0.